The maximum absolute atomic E-state index is 11.1. The van der Waals surface area contributed by atoms with Crippen molar-refractivity contribution in [3.8, 4) is 0 Å². The summed E-state index contributed by atoms with van der Waals surface area (Å²) in [5.74, 6) is -0.738. The first kappa shape index (κ1) is 11.0. The Morgan fingerprint density at radius 3 is 2.50 bits per heavy atom. The van der Waals surface area contributed by atoms with Crippen molar-refractivity contribution in [2.45, 2.75) is 24.7 Å². The van der Waals surface area contributed by atoms with E-state index in [0.29, 0.717) is 5.69 Å². The molecule has 0 amide bonds. The van der Waals surface area contributed by atoms with E-state index in [-0.39, 0.29) is 12.4 Å². The highest BCUT2D eigenvalue weighted by molar-refractivity contribution is 5.85. The molecule has 4 heteroatoms. The minimum atomic E-state index is -0.738. The summed E-state index contributed by atoms with van der Waals surface area (Å²) in [6.07, 6.45) is 4.08. The second kappa shape index (κ2) is 3.96. The predicted molar refractivity (Wildman–Crippen MR) is 54.6 cm³/mol. The van der Waals surface area contributed by atoms with Gasteiger partial charge in [0.1, 0.15) is 5.41 Å². The third-order valence-electron chi connectivity index (χ3n) is 2.77. The standard InChI is InChI=1S/C10H11NO2.ClH/c12-9(13)10(5-3-6-10)8-4-1-2-7-11-8;/h1-2,4,7H,3,5-6H2,(H,12,13);1H. The zero-order valence-electron chi connectivity index (χ0n) is 7.64. The van der Waals surface area contributed by atoms with Crippen LogP contribution in [0.4, 0.5) is 0 Å². The lowest BCUT2D eigenvalue weighted by Gasteiger charge is -2.36. The van der Waals surface area contributed by atoms with Crippen LogP contribution in [0.3, 0.4) is 0 Å². The average molecular weight is 214 g/mol. The van der Waals surface area contributed by atoms with E-state index < -0.39 is 11.4 Å². The van der Waals surface area contributed by atoms with Crippen LogP contribution in [0.5, 0.6) is 0 Å². The van der Waals surface area contributed by atoms with Crippen LogP contribution in [-0.2, 0) is 10.2 Å². The molecule has 2 rings (SSSR count). The van der Waals surface area contributed by atoms with Crippen molar-refractivity contribution in [3.05, 3.63) is 30.1 Å². The van der Waals surface area contributed by atoms with Gasteiger partial charge in [-0.3, -0.25) is 9.78 Å². The van der Waals surface area contributed by atoms with E-state index in [1.165, 1.54) is 0 Å². The Balaban J connectivity index is 0.000000980. The summed E-state index contributed by atoms with van der Waals surface area (Å²) >= 11 is 0. The second-order valence-corrected chi connectivity index (χ2v) is 3.46. The van der Waals surface area contributed by atoms with Gasteiger partial charge in [0.05, 0.1) is 5.69 Å². The first-order chi connectivity index (χ1) is 6.26. The normalized spacial score (nSPS) is 17.7. The molecule has 0 unspecified atom stereocenters. The monoisotopic (exact) mass is 213 g/mol. The summed E-state index contributed by atoms with van der Waals surface area (Å²) in [6, 6.07) is 5.44. The van der Waals surface area contributed by atoms with Gasteiger partial charge in [0, 0.05) is 6.20 Å². The van der Waals surface area contributed by atoms with Crippen LogP contribution in [0.15, 0.2) is 24.4 Å². The van der Waals surface area contributed by atoms with Gasteiger partial charge in [0.25, 0.3) is 0 Å². The highest BCUT2D eigenvalue weighted by Crippen LogP contribution is 2.42. The van der Waals surface area contributed by atoms with Crippen molar-refractivity contribution in [3.63, 3.8) is 0 Å². The molecule has 0 atom stereocenters. The summed E-state index contributed by atoms with van der Waals surface area (Å²) in [7, 11) is 0. The molecule has 1 aliphatic carbocycles. The summed E-state index contributed by atoms with van der Waals surface area (Å²) in [6.45, 7) is 0. The van der Waals surface area contributed by atoms with Crippen molar-refractivity contribution in [2.75, 3.05) is 0 Å². The third kappa shape index (κ3) is 1.48. The Kier molecular flexibility index (Phi) is 3.11. The maximum Gasteiger partial charge on any atom is 0.315 e. The fraction of sp³-hybridized carbons (Fsp3) is 0.400. The van der Waals surface area contributed by atoms with Crippen LogP contribution >= 0.6 is 12.4 Å². The van der Waals surface area contributed by atoms with Crippen molar-refractivity contribution < 1.29 is 9.90 Å². The molecular formula is C10H12ClNO2. The topological polar surface area (TPSA) is 50.2 Å². The van der Waals surface area contributed by atoms with Gasteiger partial charge in [-0.05, 0) is 25.0 Å². The number of carbonyl (C=O) groups is 1. The second-order valence-electron chi connectivity index (χ2n) is 3.46. The molecule has 1 aromatic heterocycles. The molecule has 0 saturated heterocycles. The minimum absolute atomic E-state index is 0. The number of carboxylic acid groups (broad SMARTS) is 1. The van der Waals surface area contributed by atoms with Gasteiger partial charge in [-0.2, -0.15) is 0 Å². The lowest BCUT2D eigenvalue weighted by Crippen LogP contribution is -2.42. The molecule has 1 aliphatic rings. The van der Waals surface area contributed by atoms with Crippen LogP contribution in [0.2, 0.25) is 0 Å². The van der Waals surface area contributed by atoms with Crippen LogP contribution in [0, 0.1) is 0 Å². The molecule has 1 heterocycles. The summed E-state index contributed by atoms with van der Waals surface area (Å²) in [5, 5.41) is 9.10. The molecule has 3 nitrogen and oxygen atoms in total. The van der Waals surface area contributed by atoms with E-state index >= 15 is 0 Å². The molecule has 14 heavy (non-hydrogen) atoms. The maximum atomic E-state index is 11.1. The first-order valence-electron chi connectivity index (χ1n) is 4.41. The number of carboxylic acids is 1. The summed E-state index contributed by atoms with van der Waals surface area (Å²) in [4.78, 5) is 15.2. The van der Waals surface area contributed by atoms with E-state index in [1.807, 2.05) is 6.07 Å². The summed E-state index contributed by atoms with van der Waals surface area (Å²) in [5.41, 5.74) is 0.0232. The smallest absolute Gasteiger partial charge is 0.315 e. The molecule has 1 N–H and O–H groups in total. The highest BCUT2D eigenvalue weighted by atomic mass is 35.5. The molecule has 0 bridgehead atoms. The van der Waals surface area contributed by atoms with Crippen molar-refractivity contribution in [2.24, 2.45) is 0 Å². The number of hydrogen-bond acceptors (Lipinski definition) is 2. The Morgan fingerprint density at radius 1 is 1.43 bits per heavy atom. The van der Waals surface area contributed by atoms with Crippen molar-refractivity contribution in [1.82, 2.24) is 4.98 Å². The minimum Gasteiger partial charge on any atom is -0.481 e. The molecule has 0 aliphatic heterocycles. The molecule has 1 aromatic rings. The predicted octanol–water partition coefficient (Wildman–Crippen LogP) is 2.01. The quantitative estimate of drug-likeness (QED) is 0.818. The van der Waals surface area contributed by atoms with Gasteiger partial charge in [-0.15, -0.1) is 12.4 Å². The zero-order valence-corrected chi connectivity index (χ0v) is 8.46. The number of rotatable bonds is 2. The van der Waals surface area contributed by atoms with Crippen LogP contribution in [0.25, 0.3) is 0 Å². The molecule has 76 valence electrons. The largest absolute Gasteiger partial charge is 0.481 e. The Hall–Kier alpha value is -1.09. The Labute approximate surface area is 88.6 Å². The molecule has 0 aromatic carbocycles. The number of nitrogens with zero attached hydrogens (tertiary/aromatic N) is 1. The van der Waals surface area contributed by atoms with E-state index in [2.05, 4.69) is 4.98 Å². The van der Waals surface area contributed by atoms with Crippen molar-refractivity contribution in [1.29, 1.82) is 0 Å². The van der Waals surface area contributed by atoms with Crippen LogP contribution in [-0.4, -0.2) is 16.1 Å². The van der Waals surface area contributed by atoms with E-state index in [4.69, 9.17) is 5.11 Å². The third-order valence-corrected chi connectivity index (χ3v) is 2.77. The van der Waals surface area contributed by atoms with Gasteiger partial charge >= 0.3 is 5.97 Å². The summed E-state index contributed by atoms with van der Waals surface area (Å²) < 4.78 is 0. The molecule has 1 saturated carbocycles. The van der Waals surface area contributed by atoms with E-state index in [9.17, 15) is 4.79 Å². The zero-order chi connectivity index (χ0) is 9.31. The fourth-order valence-corrected chi connectivity index (χ4v) is 1.76. The highest BCUT2D eigenvalue weighted by Gasteiger charge is 2.46. The molecule has 0 radical (unpaired) electrons. The molecule has 0 spiro atoms. The van der Waals surface area contributed by atoms with Gasteiger partial charge in [-0.1, -0.05) is 12.5 Å². The molecular weight excluding hydrogens is 202 g/mol. The van der Waals surface area contributed by atoms with Crippen LogP contribution < -0.4 is 0 Å². The van der Waals surface area contributed by atoms with Crippen molar-refractivity contribution >= 4 is 18.4 Å². The SMILES string of the molecule is Cl.O=C(O)C1(c2ccccn2)CCC1. The van der Waals surface area contributed by atoms with Gasteiger partial charge in [0.2, 0.25) is 0 Å². The lowest BCUT2D eigenvalue weighted by molar-refractivity contribution is -0.147. The number of hydrogen-bond donors (Lipinski definition) is 1. The first-order valence-corrected chi connectivity index (χ1v) is 4.41. The fourth-order valence-electron chi connectivity index (χ4n) is 1.76. The van der Waals surface area contributed by atoms with E-state index in [1.54, 1.807) is 18.3 Å². The number of aromatic nitrogens is 1. The Morgan fingerprint density at radius 2 is 2.14 bits per heavy atom. The van der Waals surface area contributed by atoms with Crippen LogP contribution in [0.1, 0.15) is 25.0 Å². The lowest BCUT2D eigenvalue weighted by atomic mass is 9.66. The number of aliphatic carboxylic acids is 1. The Bertz CT molecular complexity index is 322. The van der Waals surface area contributed by atoms with E-state index in [0.717, 1.165) is 19.3 Å². The average Bonchev–Trinajstić information content (AvgIpc) is 2.03. The van der Waals surface area contributed by atoms with Gasteiger partial charge < -0.3 is 5.11 Å². The molecule has 1 fully saturated rings. The number of halogens is 1. The van der Waals surface area contributed by atoms with Gasteiger partial charge in [0.15, 0.2) is 0 Å². The van der Waals surface area contributed by atoms with Gasteiger partial charge in [-0.25, -0.2) is 0 Å². The number of pyridine rings is 1.